The van der Waals surface area contributed by atoms with Crippen molar-refractivity contribution in [1.82, 2.24) is 5.32 Å². The third-order valence-electron chi connectivity index (χ3n) is 4.75. The number of hydrogen-bond acceptors (Lipinski definition) is 9. The lowest BCUT2D eigenvalue weighted by atomic mass is 10.1. The highest BCUT2D eigenvalue weighted by Gasteiger charge is 2.20. The molecular formula is C24H41N5O9. The molecule has 2 rings (SSSR count). The third kappa shape index (κ3) is 20.6. The Labute approximate surface area is 221 Å². The molecule has 1 fully saturated rings. The van der Waals surface area contributed by atoms with Gasteiger partial charge in [-0.1, -0.05) is 44.2 Å². The fourth-order valence-corrected chi connectivity index (χ4v) is 2.76. The molecule has 1 aromatic carbocycles. The number of benzene rings is 1. The number of carboxylic acid groups (broad SMARTS) is 4. The molecule has 1 aliphatic rings. The second kappa shape index (κ2) is 20.5. The van der Waals surface area contributed by atoms with Crippen molar-refractivity contribution in [2.75, 3.05) is 6.54 Å². The summed E-state index contributed by atoms with van der Waals surface area (Å²) < 4.78 is 0. The van der Waals surface area contributed by atoms with E-state index in [-0.39, 0.29) is 12.5 Å². The van der Waals surface area contributed by atoms with E-state index in [9.17, 15) is 24.0 Å². The SMILES string of the molecule is CC(C)C[C@H](N)C(=O)O.NC(=O)C[C@H](N)C(=O)O.N[C@@H](Cc1ccccc1)C(=O)O.O=C(O)[C@@H]1CCCN1. The summed E-state index contributed by atoms with van der Waals surface area (Å²) in [5, 5.41) is 36.1. The van der Waals surface area contributed by atoms with Crippen LogP contribution in [0.3, 0.4) is 0 Å². The maximum Gasteiger partial charge on any atom is 0.321 e. The fraction of sp³-hybridized carbons (Fsp3) is 0.542. The highest BCUT2D eigenvalue weighted by atomic mass is 16.4. The molecule has 0 saturated carbocycles. The standard InChI is InChI=1S/C9H11NO2.C6H13NO2.C5H9NO2.C4H8N2O3/c10-8(9(11)12)6-7-4-2-1-3-5-7;1-4(2)3-5(7)6(8)9;7-5(8)4-2-1-3-6-4;5-2(4(8)9)1-3(6)7/h1-5,8H,6,10H2,(H,11,12);4-5H,3,7H2,1-2H3,(H,8,9);4,6H,1-3H2,(H,7,8);2H,1,5H2,(H2,6,7)(H,8,9)/t8-;5-;4-;2-/m0000/s1. The van der Waals surface area contributed by atoms with E-state index in [4.69, 9.17) is 37.6 Å². The second-order valence-electron chi connectivity index (χ2n) is 8.81. The summed E-state index contributed by atoms with van der Waals surface area (Å²) in [5.41, 5.74) is 21.1. The van der Waals surface area contributed by atoms with E-state index in [2.05, 4.69) is 11.1 Å². The van der Waals surface area contributed by atoms with E-state index in [1.807, 2.05) is 44.2 Å². The Morgan fingerprint density at radius 1 is 0.868 bits per heavy atom. The van der Waals surface area contributed by atoms with E-state index in [1.165, 1.54) is 0 Å². The molecule has 216 valence electrons. The minimum Gasteiger partial charge on any atom is -0.480 e. The Hall–Kier alpha value is -3.59. The minimum atomic E-state index is -1.21. The average Bonchev–Trinajstić information content (AvgIpc) is 3.35. The first kappa shape index (κ1) is 36.6. The molecule has 14 heteroatoms. The number of primary amides is 1. The Morgan fingerprint density at radius 3 is 1.63 bits per heavy atom. The largest absolute Gasteiger partial charge is 0.480 e. The Bertz CT molecular complexity index is 862. The quantitative estimate of drug-likeness (QED) is 0.174. The Morgan fingerprint density at radius 2 is 1.37 bits per heavy atom. The van der Waals surface area contributed by atoms with E-state index in [0.717, 1.165) is 24.9 Å². The van der Waals surface area contributed by atoms with Crippen LogP contribution in [0.15, 0.2) is 30.3 Å². The molecule has 0 radical (unpaired) electrons. The first-order chi connectivity index (χ1) is 17.6. The maximum absolute atomic E-state index is 10.4. The van der Waals surface area contributed by atoms with E-state index < -0.39 is 47.9 Å². The molecule has 0 spiro atoms. The molecule has 4 atom stereocenters. The van der Waals surface area contributed by atoms with Crippen LogP contribution in [-0.2, 0) is 30.4 Å². The number of carbonyl (C=O) groups excluding carboxylic acids is 1. The van der Waals surface area contributed by atoms with Crippen molar-refractivity contribution < 1.29 is 44.4 Å². The summed E-state index contributed by atoms with van der Waals surface area (Å²) in [6.07, 6.45) is 2.41. The van der Waals surface area contributed by atoms with Crippen LogP contribution >= 0.6 is 0 Å². The summed E-state index contributed by atoms with van der Waals surface area (Å²) in [5.74, 6) is -4.15. The van der Waals surface area contributed by atoms with E-state index in [1.54, 1.807) is 0 Å². The minimum absolute atomic E-state index is 0.269. The zero-order valence-electron chi connectivity index (χ0n) is 21.7. The molecule has 14 nitrogen and oxygen atoms in total. The molecule has 38 heavy (non-hydrogen) atoms. The second-order valence-corrected chi connectivity index (χ2v) is 8.81. The fourth-order valence-electron chi connectivity index (χ4n) is 2.76. The number of carbonyl (C=O) groups is 5. The molecule has 0 aromatic heterocycles. The van der Waals surface area contributed by atoms with Gasteiger partial charge in [-0.15, -0.1) is 0 Å². The molecule has 0 bridgehead atoms. The van der Waals surface area contributed by atoms with Crippen molar-refractivity contribution in [3.8, 4) is 0 Å². The van der Waals surface area contributed by atoms with Crippen molar-refractivity contribution in [1.29, 1.82) is 0 Å². The number of rotatable bonds is 10. The van der Waals surface area contributed by atoms with Gasteiger partial charge in [0.2, 0.25) is 5.91 Å². The number of amides is 1. The van der Waals surface area contributed by atoms with Gasteiger partial charge in [-0.3, -0.25) is 24.0 Å². The highest BCUT2D eigenvalue weighted by molar-refractivity contribution is 5.83. The van der Waals surface area contributed by atoms with Crippen LogP contribution < -0.4 is 28.3 Å². The average molecular weight is 544 g/mol. The van der Waals surface area contributed by atoms with Gasteiger partial charge in [-0.2, -0.15) is 0 Å². The summed E-state index contributed by atoms with van der Waals surface area (Å²) in [4.78, 5) is 50.5. The lowest BCUT2D eigenvalue weighted by Gasteiger charge is -2.07. The Balaban J connectivity index is 0. The summed E-state index contributed by atoms with van der Waals surface area (Å²) in [7, 11) is 0. The summed E-state index contributed by atoms with van der Waals surface area (Å²) in [6, 6.07) is 6.42. The predicted molar refractivity (Wildman–Crippen MR) is 139 cm³/mol. The summed E-state index contributed by atoms with van der Waals surface area (Å²) in [6.45, 7) is 4.75. The van der Waals surface area contributed by atoms with Gasteiger partial charge in [-0.25, -0.2) is 0 Å². The summed E-state index contributed by atoms with van der Waals surface area (Å²) >= 11 is 0. The van der Waals surface area contributed by atoms with Crippen LogP contribution in [-0.4, -0.2) is 80.9 Å². The monoisotopic (exact) mass is 543 g/mol. The first-order valence-electron chi connectivity index (χ1n) is 11.8. The topological polar surface area (TPSA) is 282 Å². The molecule has 0 aliphatic carbocycles. The lowest BCUT2D eigenvalue weighted by Crippen LogP contribution is -2.34. The molecule has 1 aromatic rings. The van der Waals surface area contributed by atoms with Crippen LogP contribution in [0, 0.1) is 5.92 Å². The molecule has 13 N–H and O–H groups in total. The molecular weight excluding hydrogens is 502 g/mol. The number of aliphatic carboxylic acids is 4. The van der Waals surface area contributed by atoms with Crippen LogP contribution in [0.25, 0.3) is 0 Å². The number of nitrogens with two attached hydrogens (primary N) is 4. The third-order valence-corrected chi connectivity index (χ3v) is 4.75. The van der Waals surface area contributed by atoms with Crippen molar-refractivity contribution in [2.45, 2.75) is 70.1 Å². The highest BCUT2D eigenvalue weighted by Crippen LogP contribution is 2.04. The molecule has 1 aliphatic heterocycles. The maximum atomic E-state index is 10.4. The van der Waals surface area contributed by atoms with Crippen molar-refractivity contribution in [2.24, 2.45) is 28.9 Å². The molecule has 0 unspecified atom stereocenters. The number of nitrogens with one attached hydrogen (secondary N) is 1. The molecule has 1 saturated heterocycles. The van der Waals surface area contributed by atoms with Crippen molar-refractivity contribution >= 4 is 29.8 Å². The molecule has 1 heterocycles. The van der Waals surface area contributed by atoms with Crippen LogP contribution in [0.5, 0.6) is 0 Å². The van der Waals surface area contributed by atoms with Gasteiger partial charge in [0.25, 0.3) is 0 Å². The number of hydrogen-bond donors (Lipinski definition) is 9. The Kier molecular flexibility index (Phi) is 19.7. The lowest BCUT2D eigenvalue weighted by molar-refractivity contribution is -0.140. The van der Waals surface area contributed by atoms with Gasteiger partial charge in [0.1, 0.15) is 24.2 Å². The predicted octanol–water partition coefficient (Wildman–Crippen LogP) is -0.818. The number of carboxylic acids is 4. The van der Waals surface area contributed by atoms with Crippen LogP contribution in [0.1, 0.15) is 45.1 Å². The van der Waals surface area contributed by atoms with Crippen molar-refractivity contribution in [3.05, 3.63) is 35.9 Å². The zero-order chi connectivity index (χ0) is 29.8. The van der Waals surface area contributed by atoms with Gasteiger partial charge in [0.15, 0.2) is 0 Å². The normalized spacial score (nSPS) is 16.1. The van der Waals surface area contributed by atoms with Crippen molar-refractivity contribution in [3.63, 3.8) is 0 Å². The van der Waals surface area contributed by atoms with Crippen LogP contribution in [0.2, 0.25) is 0 Å². The molecule has 1 amide bonds. The first-order valence-corrected chi connectivity index (χ1v) is 11.8. The zero-order valence-corrected chi connectivity index (χ0v) is 21.7. The van der Waals surface area contributed by atoms with Gasteiger partial charge in [-0.05, 0) is 43.7 Å². The van der Waals surface area contributed by atoms with Gasteiger partial charge in [0, 0.05) is 0 Å². The van der Waals surface area contributed by atoms with E-state index in [0.29, 0.717) is 18.8 Å². The van der Waals surface area contributed by atoms with Gasteiger partial charge < -0.3 is 48.7 Å². The van der Waals surface area contributed by atoms with E-state index >= 15 is 0 Å². The van der Waals surface area contributed by atoms with Gasteiger partial charge >= 0.3 is 23.9 Å². The smallest absolute Gasteiger partial charge is 0.321 e. The van der Waals surface area contributed by atoms with Gasteiger partial charge in [0.05, 0.1) is 6.42 Å². The van der Waals surface area contributed by atoms with Crippen LogP contribution in [0.4, 0.5) is 0 Å².